The van der Waals surface area contributed by atoms with E-state index in [-0.39, 0.29) is 0 Å². The molecule has 102 valence electrons. The standard InChI is InChI=1S/C15H24ClNO/c1-4-9-17-15(8-10-18-5-2)13-7-6-12(3)14(16)11-13/h6-7,11,15,17H,4-5,8-10H2,1-3H3. The van der Waals surface area contributed by atoms with Gasteiger partial charge in [0.1, 0.15) is 0 Å². The normalized spacial score (nSPS) is 12.7. The van der Waals surface area contributed by atoms with Crippen LogP contribution in [0, 0.1) is 6.92 Å². The first-order valence-electron chi connectivity index (χ1n) is 6.76. The Kier molecular flexibility index (Phi) is 7.33. The molecule has 1 N–H and O–H groups in total. The Morgan fingerprint density at radius 3 is 2.72 bits per heavy atom. The van der Waals surface area contributed by atoms with E-state index in [2.05, 4.69) is 30.4 Å². The molecule has 0 spiro atoms. The summed E-state index contributed by atoms with van der Waals surface area (Å²) in [6, 6.07) is 6.63. The number of nitrogens with one attached hydrogen (secondary N) is 1. The highest BCUT2D eigenvalue weighted by Crippen LogP contribution is 2.23. The van der Waals surface area contributed by atoms with E-state index < -0.39 is 0 Å². The first-order chi connectivity index (χ1) is 8.69. The Hall–Kier alpha value is -0.570. The van der Waals surface area contributed by atoms with Crippen LogP contribution >= 0.6 is 11.6 Å². The molecule has 0 aromatic heterocycles. The van der Waals surface area contributed by atoms with Crippen molar-refractivity contribution in [1.82, 2.24) is 5.32 Å². The molecule has 0 amide bonds. The van der Waals surface area contributed by atoms with Gasteiger partial charge in [-0.25, -0.2) is 0 Å². The predicted octanol–water partition coefficient (Wildman–Crippen LogP) is 4.12. The Morgan fingerprint density at radius 1 is 1.33 bits per heavy atom. The molecule has 1 unspecified atom stereocenters. The lowest BCUT2D eigenvalue weighted by Gasteiger charge is -2.19. The van der Waals surface area contributed by atoms with Crippen LogP contribution in [-0.4, -0.2) is 19.8 Å². The molecule has 1 aromatic carbocycles. The molecule has 1 aromatic rings. The van der Waals surface area contributed by atoms with E-state index >= 15 is 0 Å². The van der Waals surface area contributed by atoms with Crippen molar-refractivity contribution >= 4 is 11.6 Å². The Labute approximate surface area is 116 Å². The zero-order valence-electron chi connectivity index (χ0n) is 11.6. The zero-order chi connectivity index (χ0) is 13.4. The number of ether oxygens (including phenoxy) is 1. The van der Waals surface area contributed by atoms with Gasteiger partial charge >= 0.3 is 0 Å². The third kappa shape index (κ3) is 4.97. The second-order valence-electron chi connectivity index (χ2n) is 4.50. The SMILES string of the molecule is CCCNC(CCOCC)c1ccc(C)c(Cl)c1. The van der Waals surface area contributed by atoms with Crippen molar-refractivity contribution in [2.45, 2.75) is 39.7 Å². The first kappa shape index (κ1) is 15.5. The molecule has 0 saturated carbocycles. The fraction of sp³-hybridized carbons (Fsp3) is 0.600. The molecule has 0 heterocycles. The summed E-state index contributed by atoms with van der Waals surface area (Å²) in [6.45, 7) is 8.80. The van der Waals surface area contributed by atoms with Crippen LogP contribution in [0.25, 0.3) is 0 Å². The van der Waals surface area contributed by atoms with Gasteiger partial charge in [0.15, 0.2) is 0 Å². The van der Waals surface area contributed by atoms with Crippen molar-refractivity contribution in [2.75, 3.05) is 19.8 Å². The van der Waals surface area contributed by atoms with Crippen molar-refractivity contribution in [2.24, 2.45) is 0 Å². The van der Waals surface area contributed by atoms with Crippen molar-refractivity contribution in [1.29, 1.82) is 0 Å². The van der Waals surface area contributed by atoms with Gasteiger partial charge in [0.2, 0.25) is 0 Å². The smallest absolute Gasteiger partial charge is 0.0484 e. The zero-order valence-corrected chi connectivity index (χ0v) is 12.4. The van der Waals surface area contributed by atoms with E-state index in [4.69, 9.17) is 16.3 Å². The molecule has 0 radical (unpaired) electrons. The van der Waals surface area contributed by atoms with Crippen molar-refractivity contribution in [3.05, 3.63) is 34.3 Å². The number of benzene rings is 1. The molecular formula is C15H24ClNO. The monoisotopic (exact) mass is 269 g/mol. The molecule has 18 heavy (non-hydrogen) atoms. The van der Waals surface area contributed by atoms with Gasteiger partial charge in [0.05, 0.1) is 0 Å². The molecule has 0 bridgehead atoms. The van der Waals surface area contributed by atoms with Gasteiger partial charge < -0.3 is 10.1 Å². The summed E-state index contributed by atoms with van der Waals surface area (Å²) in [6.07, 6.45) is 2.11. The van der Waals surface area contributed by atoms with Crippen molar-refractivity contribution < 1.29 is 4.74 Å². The summed E-state index contributed by atoms with van der Waals surface area (Å²) < 4.78 is 5.45. The molecule has 1 atom stereocenters. The maximum atomic E-state index is 6.19. The molecule has 0 fully saturated rings. The molecule has 0 aliphatic carbocycles. The number of rotatable bonds is 8. The Bertz CT molecular complexity index is 354. The summed E-state index contributed by atoms with van der Waals surface area (Å²) >= 11 is 6.19. The van der Waals surface area contributed by atoms with Crippen LogP contribution in [0.15, 0.2) is 18.2 Å². The number of aryl methyl sites for hydroxylation is 1. The largest absolute Gasteiger partial charge is 0.382 e. The maximum absolute atomic E-state index is 6.19. The third-order valence-corrected chi connectivity index (χ3v) is 3.40. The molecule has 1 rings (SSSR count). The summed E-state index contributed by atoms with van der Waals surface area (Å²) in [5, 5.41) is 4.39. The molecule has 0 aliphatic heterocycles. The van der Waals surface area contributed by atoms with Gasteiger partial charge in [-0.2, -0.15) is 0 Å². The lowest BCUT2D eigenvalue weighted by atomic mass is 10.0. The minimum Gasteiger partial charge on any atom is -0.382 e. The molecule has 2 nitrogen and oxygen atoms in total. The van der Waals surface area contributed by atoms with Crippen LogP contribution in [0.3, 0.4) is 0 Å². The van der Waals surface area contributed by atoms with E-state index in [1.807, 2.05) is 13.8 Å². The van der Waals surface area contributed by atoms with E-state index in [1.54, 1.807) is 0 Å². The summed E-state index contributed by atoms with van der Waals surface area (Å²) in [5.74, 6) is 0. The van der Waals surface area contributed by atoms with E-state index in [0.29, 0.717) is 6.04 Å². The van der Waals surface area contributed by atoms with Crippen LogP contribution < -0.4 is 5.32 Å². The lowest BCUT2D eigenvalue weighted by molar-refractivity contribution is 0.136. The third-order valence-electron chi connectivity index (χ3n) is 2.99. The molecule has 0 aliphatic rings. The van der Waals surface area contributed by atoms with Crippen LogP contribution in [0.2, 0.25) is 5.02 Å². The van der Waals surface area contributed by atoms with Gasteiger partial charge in [-0.3, -0.25) is 0 Å². The van der Waals surface area contributed by atoms with Crippen LogP contribution in [0.4, 0.5) is 0 Å². The van der Waals surface area contributed by atoms with Crippen LogP contribution in [-0.2, 0) is 4.74 Å². The van der Waals surface area contributed by atoms with Crippen molar-refractivity contribution in [3.8, 4) is 0 Å². The topological polar surface area (TPSA) is 21.3 Å². The highest BCUT2D eigenvalue weighted by Gasteiger charge is 2.11. The summed E-state index contributed by atoms with van der Waals surface area (Å²) in [7, 11) is 0. The van der Waals surface area contributed by atoms with Gasteiger partial charge in [0, 0.05) is 24.3 Å². The number of halogens is 1. The fourth-order valence-electron chi connectivity index (χ4n) is 1.88. The van der Waals surface area contributed by atoms with Crippen LogP contribution in [0.1, 0.15) is 43.9 Å². The first-order valence-corrected chi connectivity index (χ1v) is 7.14. The highest BCUT2D eigenvalue weighted by atomic mass is 35.5. The lowest BCUT2D eigenvalue weighted by Crippen LogP contribution is -2.23. The van der Waals surface area contributed by atoms with Gasteiger partial charge in [-0.1, -0.05) is 30.7 Å². The minimum atomic E-state index is 0.328. The Balaban J connectivity index is 2.70. The average Bonchev–Trinajstić information content (AvgIpc) is 2.37. The average molecular weight is 270 g/mol. The molecule has 0 saturated heterocycles. The van der Waals surface area contributed by atoms with Gasteiger partial charge in [-0.15, -0.1) is 0 Å². The van der Waals surface area contributed by atoms with Crippen molar-refractivity contribution in [3.63, 3.8) is 0 Å². The second kappa shape index (κ2) is 8.52. The van der Waals surface area contributed by atoms with E-state index in [1.165, 1.54) is 5.56 Å². The number of hydrogen-bond donors (Lipinski definition) is 1. The fourth-order valence-corrected chi connectivity index (χ4v) is 2.07. The molecule has 3 heteroatoms. The Morgan fingerprint density at radius 2 is 2.11 bits per heavy atom. The molecular weight excluding hydrogens is 246 g/mol. The van der Waals surface area contributed by atoms with Gasteiger partial charge in [-0.05, 0) is 50.4 Å². The maximum Gasteiger partial charge on any atom is 0.0484 e. The minimum absolute atomic E-state index is 0.328. The van der Waals surface area contributed by atoms with Crippen LogP contribution in [0.5, 0.6) is 0 Å². The number of hydrogen-bond acceptors (Lipinski definition) is 2. The van der Waals surface area contributed by atoms with Gasteiger partial charge in [0.25, 0.3) is 0 Å². The summed E-state index contributed by atoms with van der Waals surface area (Å²) in [4.78, 5) is 0. The predicted molar refractivity (Wildman–Crippen MR) is 78.3 cm³/mol. The van der Waals surface area contributed by atoms with E-state index in [9.17, 15) is 0 Å². The summed E-state index contributed by atoms with van der Waals surface area (Å²) in [5.41, 5.74) is 2.37. The second-order valence-corrected chi connectivity index (χ2v) is 4.91. The van der Waals surface area contributed by atoms with E-state index in [0.717, 1.165) is 43.2 Å². The highest BCUT2D eigenvalue weighted by molar-refractivity contribution is 6.31. The quantitative estimate of drug-likeness (QED) is 0.717.